The van der Waals surface area contributed by atoms with Gasteiger partial charge in [0, 0.05) is 17.8 Å². The van der Waals surface area contributed by atoms with Crippen molar-refractivity contribution in [3.05, 3.63) is 30.3 Å². The number of nitrogens with one attached hydrogen (secondary N) is 1. The molecular formula is C14H18N2O3S. The summed E-state index contributed by atoms with van der Waals surface area (Å²) in [5.74, 6) is 0.297. The fourth-order valence-corrected chi connectivity index (χ4v) is 4.40. The number of sulfone groups is 1. The second-order valence-electron chi connectivity index (χ2n) is 5.49. The molecule has 1 atom stereocenters. The smallest absolute Gasteiger partial charge is 0.318 e. The summed E-state index contributed by atoms with van der Waals surface area (Å²) < 4.78 is 23.2. The Morgan fingerprint density at radius 2 is 1.80 bits per heavy atom. The summed E-state index contributed by atoms with van der Waals surface area (Å²) in [4.78, 5) is 14.2. The van der Waals surface area contributed by atoms with Crippen LogP contribution in [0.5, 0.6) is 0 Å². The SMILES string of the molecule is O=C(Nc1ccccc1)N(C1CC1)C1CCS(=O)(=O)C1. The third kappa shape index (κ3) is 2.95. The molecule has 20 heavy (non-hydrogen) atoms. The first-order valence-corrected chi connectivity index (χ1v) is 8.72. The standard InChI is InChI=1S/C14H18N2O3S/c17-14(15-11-4-2-1-3-5-11)16(12-6-7-12)13-8-9-20(18,19)10-13/h1-5,12-13H,6-10H2,(H,15,17). The van der Waals surface area contributed by atoms with E-state index >= 15 is 0 Å². The molecule has 0 aromatic heterocycles. The number of carbonyl (C=O) groups is 1. The van der Waals surface area contributed by atoms with E-state index in [9.17, 15) is 13.2 Å². The average Bonchev–Trinajstić information content (AvgIpc) is 3.15. The number of benzene rings is 1. The van der Waals surface area contributed by atoms with Gasteiger partial charge in [0.15, 0.2) is 9.84 Å². The fraction of sp³-hybridized carbons (Fsp3) is 0.500. The minimum Gasteiger partial charge on any atom is -0.318 e. The Hall–Kier alpha value is -1.56. The van der Waals surface area contributed by atoms with E-state index < -0.39 is 9.84 Å². The number of anilines is 1. The van der Waals surface area contributed by atoms with Crippen LogP contribution in [0.1, 0.15) is 19.3 Å². The highest BCUT2D eigenvalue weighted by Crippen LogP contribution is 2.32. The molecule has 2 aliphatic rings. The lowest BCUT2D eigenvalue weighted by Gasteiger charge is -2.28. The summed E-state index contributed by atoms with van der Waals surface area (Å²) in [6.07, 6.45) is 2.50. The third-order valence-electron chi connectivity index (χ3n) is 3.80. The van der Waals surface area contributed by atoms with Gasteiger partial charge in [-0.15, -0.1) is 0 Å². The summed E-state index contributed by atoms with van der Waals surface area (Å²) in [6.45, 7) is 0. The molecule has 1 aliphatic heterocycles. The molecule has 108 valence electrons. The van der Waals surface area contributed by atoms with E-state index in [-0.39, 0.29) is 29.6 Å². The lowest BCUT2D eigenvalue weighted by molar-refractivity contribution is 0.190. The molecule has 3 rings (SSSR count). The first kappa shape index (κ1) is 13.4. The maximum Gasteiger partial charge on any atom is 0.322 e. The van der Waals surface area contributed by atoms with Crippen molar-refractivity contribution in [3.63, 3.8) is 0 Å². The van der Waals surface area contributed by atoms with Gasteiger partial charge < -0.3 is 10.2 Å². The Balaban J connectivity index is 1.73. The summed E-state index contributed by atoms with van der Waals surface area (Å²) in [6, 6.07) is 9.11. The fourth-order valence-electron chi connectivity index (χ4n) is 2.69. The van der Waals surface area contributed by atoms with Gasteiger partial charge in [0.1, 0.15) is 0 Å². The Labute approximate surface area is 118 Å². The predicted octanol–water partition coefficient (Wildman–Crippen LogP) is 1.87. The van der Waals surface area contributed by atoms with Gasteiger partial charge in [0.25, 0.3) is 0 Å². The normalized spacial score (nSPS) is 24.3. The van der Waals surface area contributed by atoms with Crippen molar-refractivity contribution in [2.45, 2.75) is 31.3 Å². The topological polar surface area (TPSA) is 66.5 Å². The molecule has 1 saturated heterocycles. The second-order valence-corrected chi connectivity index (χ2v) is 7.72. The molecule has 0 radical (unpaired) electrons. The van der Waals surface area contributed by atoms with Crippen LogP contribution in [0.25, 0.3) is 0 Å². The highest BCUT2D eigenvalue weighted by Gasteiger charge is 2.42. The van der Waals surface area contributed by atoms with Crippen LogP contribution in [0.4, 0.5) is 10.5 Å². The van der Waals surface area contributed by atoms with E-state index in [0.29, 0.717) is 6.42 Å². The molecule has 1 N–H and O–H groups in total. The number of para-hydroxylation sites is 1. The van der Waals surface area contributed by atoms with Crippen LogP contribution in [0.2, 0.25) is 0 Å². The van der Waals surface area contributed by atoms with Crippen LogP contribution in [0, 0.1) is 0 Å². The zero-order valence-corrected chi connectivity index (χ0v) is 12.0. The first-order chi connectivity index (χ1) is 9.55. The molecule has 1 aliphatic carbocycles. The minimum atomic E-state index is -2.97. The maximum atomic E-state index is 12.4. The van der Waals surface area contributed by atoms with Gasteiger partial charge in [-0.25, -0.2) is 13.2 Å². The van der Waals surface area contributed by atoms with Gasteiger partial charge in [-0.1, -0.05) is 18.2 Å². The zero-order chi connectivity index (χ0) is 14.2. The molecule has 2 amide bonds. The van der Waals surface area contributed by atoms with Crippen molar-refractivity contribution in [1.82, 2.24) is 4.90 Å². The molecule has 1 unspecified atom stereocenters. The number of rotatable bonds is 3. The summed E-state index contributed by atoms with van der Waals surface area (Å²) in [5, 5.41) is 2.86. The average molecular weight is 294 g/mol. The van der Waals surface area contributed by atoms with Crippen molar-refractivity contribution in [2.24, 2.45) is 0 Å². The van der Waals surface area contributed by atoms with Crippen molar-refractivity contribution in [1.29, 1.82) is 0 Å². The van der Waals surface area contributed by atoms with Crippen LogP contribution >= 0.6 is 0 Å². The Morgan fingerprint density at radius 3 is 2.35 bits per heavy atom. The van der Waals surface area contributed by atoms with Gasteiger partial charge in [-0.05, 0) is 31.4 Å². The third-order valence-corrected chi connectivity index (χ3v) is 5.55. The van der Waals surface area contributed by atoms with Crippen molar-refractivity contribution in [2.75, 3.05) is 16.8 Å². The van der Waals surface area contributed by atoms with Crippen LogP contribution < -0.4 is 5.32 Å². The van der Waals surface area contributed by atoms with Crippen LogP contribution in [0.15, 0.2) is 30.3 Å². The molecule has 1 aromatic rings. The monoisotopic (exact) mass is 294 g/mol. The number of nitrogens with zero attached hydrogens (tertiary/aromatic N) is 1. The quantitative estimate of drug-likeness (QED) is 0.925. The highest BCUT2D eigenvalue weighted by atomic mass is 32.2. The molecule has 0 bridgehead atoms. The van der Waals surface area contributed by atoms with E-state index in [2.05, 4.69) is 5.32 Å². The number of hydrogen-bond acceptors (Lipinski definition) is 3. The van der Waals surface area contributed by atoms with Gasteiger partial charge in [0.2, 0.25) is 0 Å². The molecule has 5 nitrogen and oxygen atoms in total. The van der Waals surface area contributed by atoms with Crippen LogP contribution in [-0.2, 0) is 9.84 Å². The Bertz CT molecular complexity index is 596. The van der Waals surface area contributed by atoms with Gasteiger partial charge in [-0.2, -0.15) is 0 Å². The first-order valence-electron chi connectivity index (χ1n) is 6.90. The lowest BCUT2D eigenvalue weighted by Crippen LogP contribution is -2.45. The molecule has 1 heterocycles. The molecule has 6 heteroatoms. The Morgan fingerprint density at radius 1 is 1.10 bits per heavy atom. The number of hydrogen-bond donors (Lipinski definition) is 1. The van der Waals surface area contributed by atoms with E-state index in [4.69, 9.17) is 0 Å². The summed E-state index contributed by atoms with van der Waals surface area (Å²) >= 11 is 0. The van der Waals surface area contributed by atoms with E-state index in [1.165, 1.54) is 0 Å². The summed E-state index contributed by atoms with van der Waals surface area (Å²) in [5.41, 5.74) is 0.740. The van der Waals surface area contributed by atoms with Crippen LogP contribution in [0.3, 0.4) is 0 Å². The number of carbonyl (C=O) groups excluding carboxylic acids is 1. The van der Waals surface area contributed by atoms with Crippen LogP contribution in [-0.4, -0.2) is 42.9 Å². The molecule has 2 fully saturated rings. The van der Waals surface area contributed by atoms with Gasteiger partial charge >= 0.3 is 6.03 Å². The molecular weight excluding hydrogens is 276 g/mol. The number of amides is 2. The molecule has 1 saturated carbocycles. The van der Waals surface area contributed by atoms with E-state index in [1.54, 1.807) is 4.90 Å². The predicted molar refractivity (Wildman–Crippen MR) is 77.4 cm³/mol. The van der Waals surface area contributed by atoms with Crippen molar-refractivity contribution >= 4 is 21.6 Å². The van der Waals surface area contributed by atoms with Gasteiger partial charge in [0.05, 0.1) is 11.5 Å². The molecule has 0 spiro atoms. The van der Waals surface area contributed by atoms with E-state index in [0.717, 1.165) is 18.5 Å². The molecule has 1 aromatic carbocycles. The highest BCUT2D eigenvalue weighted by molar-refractivity contribution is 7.91. The van der Waals surface area contributed by atoms with E-state index in [1.807, 2.05) is 30.3 Å². The van der Waals surface area contributed by atoms with Crippen molar-refractivity contribution < 1.29 is 13.2 Å². The van der Waals surface area contributed by atoms with Gasteiger partial charge in [-0.3, -0.25) is 0 Å². The minimum absolute atomic E-state index is 0.103. The Kier molecular flexibility index (Phi) is 3.41. The van der Waals surface area contributed by atoms with Crippen molar-refractivity contribution in [3.8, 4) is 0 Å². The maximum absolute atomic E-state index is 12.4. The second kappa shape index (κ2) is 5.09. The lowest BCUT2D eigenvalue weighted by atomic mass is 10.2. The summed E-state index contributed by atoms with van der Waals surface area (Å²) in [7, 11) is -2.97. The zero-order valence-electron chi connectivity index (χ0n) is 11.2. The number of urea groups is 1. The largest absolute Gasteiger partial charge is 0.322 e.